The molecule has 2 heterocycles. The van der Waals surface area contributed by atoms with Crippen LogP contribution in [0.5, 0.6) is 0 Å². The van der Waals surface area contributed by atoms with Crippen molar-refractivity contribution in [1.29, 1.82) is 0 Å². The molecule has 0 amide bonds. The van der Waals surface area contributed by atoms with Gasteiger partial charge < -0.3 is 11.1 Å². The highest BCUT2D eigenvalue weighted by molar-refractivity contribution is 5.61. The molecule has 130 valence electrons. The fourth-order valence-electron chi connectivity index (χ4n) is 2.07. The topological polar surface area (TPSA) is 80.0 Å². The Morgan fingerprint density at radius 1 is 1.25 bits per heavy atom. The van der Waals surface area contributed by atoms with E-state index in [4.69, 9.17) is 5.73 Å². The maximum atomic E-state index is 12.3. The number of aromatic nitrogens is 3. The van der Waals surface area contributed by atoms with Crippen molar-refractivity contribution in [2.45, 2.75) is 13.1 Å². The van der Waals surface area contributed by atoms with Gasteiger partial charge in [0.05, 0.1) is 6.54 Å². The Balaban J connectivity index is 2.06. The Kier molecular flexibility index (Phi) is 5.55. The van der Waals surface area contributed by atoms with Crippen molar-refractivity contribution in [3.63, 3.8) is 0 Å². The third-order valence-electron chi connectivity index (χ3n) is 3.31. The van der Waals surface area contributed by atoms with E-state index in [0.29, 0.717) is 35.3 Å². The zero-order valence-corrected chi connectivity index (χ0v) is 13.4. The molecule has 0 fully saturated rings. The van der Waals surface area contributed by atoms with E-state index in [0.717, 1.165) is 0 Å². The smallest absolute Gasteiger partial charge is 0.383 e. The minimum Gasteiger partial charge on any atom is -0.383 e. The summed E-state index contributed by atoms with van der Waals surface area (Å²) in [5, 5.41) is 3.01. The van der Waals surface area contributed by atoms with E-state index in [1.54, 1.807) is 31.3 Å². The van der Waals surface area contributed by atoms with Gasteiger partial charge in [-0.25, -0.2) is 9.97 Å². The van der Waals surface area contributed by atoms with Gasteiger partial charge in [-0.15, -0.1) is 0 Å². The van der Waals surface area contributed by atoms with Gasteiger partial charge in [-0.05, 0) is 26.1 Å². The third-order valence-corrected chi connectivity index (χ3v) is 3.31. The molecule has 2 rings (SSSR count). The first kappa shape index (κ1) is 17.9. The van der Waals surface area contributed by atoms with Gasteiger partial charge in [-0.1, -0.05) is 6.07 Å². The van der Waals surface area contributed by atoms with Crippen LogP contribution >= 0.6 is 0 Å². The largest absolute Gasteiger partial charge is 0.401 e. The Morgan fingerprint density at radius 3 is 2.62 bits per heavy atom. The van der Waals surface area contributed by atoms with Crippen molar-refractivity contribution in [1.82, 2.24) is 19.9 Å². The average molecular weight is 340 g/mol. The predicted molar refractivity (Wildman–Crippen MR) is 86.5 cm³/mol. The first-order valence-electron chi connectivity index (χ1n) is 7.31. The molecule has 24 heavy (non-hydrogen) atoms. The van der Waals surface area contributed by atoms with Crippen LogP contribution in [0.25, 0.3) is 11.5 Å². The Morgan fingerprint density at radius 2 is 2.00 bits per heavy atom. The molecule has 9 heteroatoms. The number of nitrogens with zero attached hydrogens (tertiary/aromatic N) is 4. The molecule has 0 spiro atoms. The van der Waals surface area contributed by atoms with Crippen molar-refractivity contribution in [3.05, 3.63) is 30.0 Å². The molecule has 0 radical (unpaired) electrons. The van der Waals surface area contributed by atoms with Crippen molar-refractivity contribution < 1.29 is 13.2 Å². The van der Waals surface area contributed by atoms with Crippen LogP contribution in [0.4, 0.5) is 24.8 Å². The molecular weight excluding hydrogens is 321 g/mol. The van der Waals surface area contributed by atoms with Gasteiger partial charge in [-0.3, -0.25) is 9.88 Å². The molecule has 2 aromatic rings. The van der Waals surface area contributed by atoms with Gasteiger partial charge in [0.15, 0.2) is 5.82 Å². The quantitative estimate of drug-likeness (QED) is 0.840. The lowest BCUT2D eigenvalue weighted by Gasteiger charge is -2.19. The van der Waals surface area contributed by atoms with Crippen LogP contribution in [-0.2, 0) is 0 Å². The molecule has 0 saturated carbocycles. The number of anilines is 2. The normalized spacial score (nSPS) is 11.8. The summed E-state index contributed by atoms with van der Waals surface area (Å²) in [7, 11) is 1.41. The van der Waals surface area contributed by atoms with Crippen molar-refractivity contribution in [2.24, 2.45) is 0 Å². The van der Waals surface area contributed by atoms with Crippen LogP contribution in [0.1, 0.15) is 5.56 Å². The van der Waals surface area contributed by atoms with E-state index < -0.39 is 12.7 Å². The molecule has 0 aliphatic carbocycles. The summed E-state index contributed by atoms with van der Waals surface area (Å²) in [5.74, 6) is 1.16. The molecular formula is C15H19F3N6. The van der Waals surface area contributed by atoms with Crippen molar-refractivity contribution in [2.75, 3.05) is 37.7 Å². The molecule has 6 nitrogen and oxygen atoms in total. The summed E-state index contributed by atoms with van der Waals surface area (Å²) >= 11 is 0. The van der Waals surface area contributed by atoms with Gasteiger partial charge in [-0.2, -0.15) is 13.2 Å². The Labute approximate surface area is 137 Å². The summed E-state index contributed by atoms with van der Waals surface area (Å²) in [5.41, 5.74) is 7.11. The highest BCUT2D eigenvalue weighted by atomic mass is 19.4. The van der Waals surface area contributed by atoms with E-state index in [1.807, 2.05) is 0 Å². The molecule has 0 atom stereocenters. The Bertz CT molecular complexity index is 675. The average Bonchev–Trinajstić information content (AvgIpc) is 2.50. The van der Waals surface area contributed by atoms with Gasteiger partial charge >= 0.3 is 6.18 Å². The van der Waals surface area contributed by atoms with Crippen LogP contribution in [-0.4, -0.2) is 52.7 Å². The van der Waals surface area contributed by atoms with Crippen molar-refractivity contribution in [3.8, 4) is 11.5 Å². The summed E-state index contributed by atoms with van der Waals surface area (Å²) < 4.78 is 36.9. The molecule has 2 aromatic heterocycles. The van der Waals surface area contributed by atoms with Crippen molar-refractivity contribution >= 4 is 11.6 Å². The molecule has 0 unspecified atom stereocenters. The summed E-state index contributed by atoms with van der Waals surface area (Å²) in [6, 6.07) is 5.34. The number of nitrogens with two attached hydrogens (primary N) is 1. The SMILES string of the molecule is Cc1c(N)nc(-c2ccccn2)nc1NCCN(C)CC(F)(F)F. The second-order valence-electron chi connectivity index (χ2n) is 5.40. The number of hydrogen-bond donors (Lipinski definition) is 2. The number of nitrogens with one attached hydrogen (secondary N) is 1. The van der Waals surface area contributed by atoms with E-state index in [1.165, 1.54) is 11.9 Å². The second kappa shape index (κ2) is 7.43. The lowest BCUT2D eigenvalue weighted by atomic mass is 10.2. The predicted octanol–water partition coefficient (Wildman–Crippen LogP) is 2.34. The van der Waals surface area contributed by atoms with E-state index >= 15 is 0 Å². The van der Waals surface area contributed by atoms with E-state index in [2.05, 4.69) is 20.3 Å². The number of alkyl halides is 3. The maximum Gasteiger partial charge on any atom is 0.401 e. The molecule has 0 saturated heterocycles. The standard InChI is InChI=1S/C15H19F3N6/c1-10-12(19)22-14(11-5-3-4-6-20-11)23-13(10)21-7-8-24(2)9-15(16,17)18/h3-6H,7-9H2,1-2H3,(H3,19,21,22,23). The Hall–Kier alpha value is -2.42. The first-order valence-corrected chi connectivity index (χ1v) is 7.31. The lowest BCUT2D eigenvalue weighted by molar-refractivity contribution is -0.142. The highest BCUT2D eigenvalue weighted by Crippen LogP contribution is 2.22. The van der Waals surface area contributed by atoms with Crippen LogP contribution in [0.15, 0.2) is 24.4 Å². The zero-order chi connectivity index (χ0) is 17.7. The number of likely N-dealkylation sites (N-methyl/N-ethyl adjacent to an activating group) is 1. The van der Waals surface area contributed by atoms with Gasteiger partial charge in [0.2, 0.25) is 0 Å². The number of pyridine rings is 1. The molecule has 0 aromatic carbocycles. The number of hydrogen-bond acceptors (Lipinski definition) is 6. The minimum atomic E-state index is -4.21. The fourth-order valence-corrected chi connectivity index (χ4v) is 2.07. The van der Waals surface area contributed by atoms with E-state index in [9.17, 15) is 13.2 Å². The van der Waals surface area contributed by atoms with Crippen LogP contribution in [0, 0.1) is 6.92 Å². The monoisotopic (exact) mass is 340 g/mol. The van der Waals surface area contributed by atoms with Gasteiger partial charge in [0, 0.05) is 24.8 Å². The van der Waals surface area contributed by atoms with E-state index in [-0.39, 0.29) is 6.54 Å². The van der Waals surface area contributed by atoms with Crippen LogP contribution in [0.2, 0.25) is 0 Å². The third kappa shape index (κ3) is 5.05. The summed E-state index contributed by atoms with van der Waals surface area (Å²) in [6.07, 6.45) is -2.59. The number of rotatable bonds is 6. The second-order valence-corrected chi connectivity index (χ2v) is 5.40. The van der Waals surface area contributed by atoms with Crippen LogP contribution in [0.3, 0.4) is 0 Å². The molecule has 0 aliphatic rings. The fraction of sp³-hybridized carbons (Fsp3) is 0.400. The van der Waals surface area contributed by atoms with Crippen LogP contribution < -0.4 is 11.1 Å². The highest BCUT2D eigenvalue weighted by Gasteiger charge is 2.28. The molecule has 0 bridgehead atoms. The first-order chi connectivity index (χ1) is 11.3. The van der Waals surface area contributed by atoms with Gasteiger partial charge in [0.1, 0.15) is 17.3 Å². The maximum absolute atomic E-state index is 12.3. The van der Waals surface area contributed by atoms with Gasteiger partial charge in [0.25, 0.3) is 0 Å². The summed E-state index contributed by atoms with van der Waals surface area (Å²) in [6.45, 7) is 1.30. The zero-order valence-electron chi connectivity index (χ0n) is 13.4. The molecule has 3 N–H and O–H groups in total. The number of halogens is 3. The lowest BCUT2D eigenvalue weighted by Crippen LogP contribution is -2.34. The minimum absolute atomic E-state index is 0.210. The number of nitrogen functional groups attached to an aromatic ring is 1. The molecule has 0 aliphatic heterocycles. The summed E-state index contributed by atoms with van der Waals surface area (Å²) in [4.78, 5) is 13.9.